The fourth-order valence-electron chi connectivity index (χ4n) is 3.75. The lowest BCUT2D eigenvalue weighted by molar-refractivity contribution is -0.123. The van der Waals surface area contributed by atoms with Crippen LogP contribution >= 0.6 is 0 Å². The zero-order valence-corrected chi connectivity index (χ0v) is 19.1. The molecule has 174 valence electrons. The lowest BCUT2D eigenvalue weighted by Gasteiger charge is -2.28. The van der Waals surface area contributed by atoms with Gasteiger partial charge in [-0.15, -0.1) is 0 Å². The minimum atomic E-state index is -0.410. The monoisotopic (exact) mass is 455 g/mol. The Bertz CT molecular complexity index is 1050. The number of rotatable bonds is 8. The molecule has 34 heavy (non-hydrogen) atoms. The van der Waals surface area contributed by atoms with Crippen molar-refractivity contribution in [3.63, 3.8) is 0 Å². The van der Waals surface area contributed by atoms with Gasteiger partial charge in [0.05, 0.1) is 13.2 Å². The van der Waals surface area contributed by atoms with Crippen molar-refractivity contribution in [1.29, 1.82) is 0 Å². The number of anilines is 1. The molecule has 1 aliphatic rings. The number of nitrogens with zero attached hydrogens (tertiary/aromatic N) is 1. The summed E-state index contributed by atoms with van der Waals surface area (Å²) < 4.78 is 5.42. The summed E-state index contributed by atoms with van der Waals surface area (Å²) in [6.07, 6.45) is 1.64. The highest BCUT2D eigenvalue weighted by atomic mass is 16.5. The largest absolute Gasteiger partial charge is 0.378 e. The summed E-state index contributed by atoms with van der Waals surface area (Å²) in [5.74, 6) is -0.821. The van der Waals surface area contributed by atoms with Crippen molar-refractivity contribution >= 4 is 23.6 Å². The second-order valence-corrected chi connectivity index (χ2v) is 8.09. The van der Waals surface area contributed by atoms with Crippen molar-refractivity contribution in [2.24, 2.45) is 0 Å². The second kappa shape index (κ2) is 11.8. The molecule has 1 fully saturated rings. The van der Waals surface area contributed by atoms with E-state index in [1.54, 1.807) is 6.08 Å². The van der Waals surface area contributed by atoms with Crippen molar-refractivity contribution in [1.82, 2.24) is 10.6 Å². The summed E-state index contributed by atoms with van der Waals surface area (Å²) >= 11 is 0. The van der Waals surface area contributed by atoms with Crippen molar-refractivity contribution in [3.05, 3.63) is 107 Å². The molecule has 0 radical (unpaired) electrons. The summed E-state index contributed by atoms with van der Waals surface area (Å²) in [6, 6.07) is 27.1. The first kappa shape index (κ1) is 23.3. The molecule has 0 unspecified atom stereocenters. The number of carbonyl (C=O) groups excluding carboxylic acids is 2. The van der Waals surface area contributed by atoms with E-state index in [1.807, 2.05) is 84.9 Å². The summed E-state index contributed by atoms with van der Waals surface area (Å²) in [7, 11) is 0. The summed E-state index contributed by atoms with van der Waals surface area (Å²) in [5, 5.41) is 5.74. The Labute approximate surface area is 200 Å². The number of hydrogen-bond donors (Lipinski definition) is 2. The van der Waals surface area contributed by atoms with Gasteiger partial charge >= 0.3 is 0 Å². The van der Waals surface area contributed by atoms with E-state index in [0.717, 1.165) is 48.7 Å². The Kier molecular flexibility index (Phi) is 8.08. The predicted molar refractivity (Wildman–Crippen MR) is 134 cm³/mol. The number of morpholine rings is 1. The van der Waals surface area contributed by atoms with E-state index in [0.29, 0.717) is 13.1 Å². The predicted octanol–water partition coefficient (Wildman–Crippen LogP) is 3.54. The van der Waals surface area contributed by atoms with Crippen LogP contribution in [0.2, 0.25) is 0 Å². The number of carbonyl (C=O) groups is 2. The number of ether oxygens (including phenoxy) is 1. The van der Waals surface area contributed by atoms with Crippen LogP contribution in [-0.2, 0) is 27.4 Å². The molecule has 0 atom stereocenters. The molecule has 0 aromatic heterocycles. The van der Waals surface area contributed by atoms with E-state index in [9.17, 15) is 9.59 Å². The van der Waals surface area contributed by atoms with Crippen LogP contribution in [0.5, 0.6) is 0 Å². The van der Waals surface area contributed by atoms with Gasteiger partial charge in [0, 0.05) is 31.9 Å². The van der Waals surface area contributed by atoms with E-state index in [2.05, 4.69) is 15.5 Å². The van der Waals surface area contributed by atoms with Crippen LogP contribution in [0.25, 0.3) is 6.08 Å². The van der Waals surface area contributed by atoms with Crippen molar-refractivity contribution in [2.75, 3.05) is 31.2 Å². The smallest absolute Gasteiger partial charge is 0.257 e. The highest BCUT2D eigenvalue weighted by Crippen LogP contribution is 2.18. The van der Waals surface area contributed by atoms with Crippen LogP contribution in [0.4, 0.5) is 5.69 Å². The zero-order chi connectivity index (χ0) is 23.6. The maximum Gasteiger partial charge on any atom is 0.257 e. The Morgan fingerprint density at radius 2 is 1.24 bits per heavy atom. The lowest BCUT2D eigenvalue weighted by atomic mass is 10.1. The number of benzene rings is 3. The molecule has 6 heteroatoms. The van der Waals surface area contributed by atoms with Crippen molar-refractivity contribution in [2.45, 2.75) is 13.1 Å². The van der Waals surface area contributed by atoms with Gasteiger partial charge in [-0.25, -0.2) is 0 Å². The van der Waals surface area contributed by atoms with Crippen molar-refractivity contribution < 1.29 is 14.3 Å². The molecule has 1 heterocycles. The average molecular weight is 456 g/mol. The molecular weight excluding hydrogens is 426 g/mol. The molecule has 3 aromatic rings. The first-order chi connectivity index (χ1) is 16.7. The molecule has 6 nitrogen and oxygen atoms in total. The normalized spacial score (nSPS) is 13.1. The molecule has 0 bridgehead atoms. The third-order valence-corrected chi connectivity index (χ3v) is 5.66. The molecule has 0 aliphatic carbocycles. The van der Waals surface area contributed by atoms with Gasteiger partial charge in [0.1, 0.15) is 5.57 Å². The molecule has 0 saturated carbocycles. The van der Waals surface area contributed by atoms with Gasteiger partial charge in [-0.1, -0.05) is 72.8 Å². The van der Waals surface area contributed by atoms with Gasteiger partial charge in [-0.05, 0) is 34.9 Å². The average Bonchev–Trinajstić information content (AvgIpc) is 2.91. The molecule has 2 N–H and O–H groups in total. The van der Waals surface area contributed by atoms with Crippen LogP contribution in [0.15, 0.2) is 90.5 Å². The number of amides is 2. The quantitative estimate of drug-likeness (QED) is 0.310. The van der Waals surface area contributed by atoms with E-state index < -0.39 is 11.8 Å². The van der Waals surface area contributed by atoms with Gasteiger partial charge in [0.2, 0.25) is 0 Å². The fourth-order valence-corrected chi connectivity index (χ4v) is 3.75. The lowest BCUT2D eigenvalue weighted by Crippen LogP contribution is -2.36. The van der Waals surface area contributed by atoms with E-state index in [1.165, 1.54) is 0 Å². The van der Waals surface area contributed by atoms with Gasteiger partial charge in [0.15, 0.2) is 0 Å². The van der Waals surface area contributed by atoms with Gasteiger partial charge in [0.25, 0.3) is 11.8 Å². The van der Waals surface area contributed by atoms with Crippen molar-refractivity contribution in [3.8, 4) is 0 Å². The third kappa shape index (κ3) is 6.56. The molecule has 3 aromatic carbocycles. The van der Waals surface area contributed by atoms with E-state index >= 15 is 0 Å². The maximum absolute atomic E-state index is 13.0. The summed E-state index contributed by atoms with van der Waals surface area (Å²) in [4.78, 5) is 28.3. The van der Waals surface area contributed by atoms with Crippen LogP contribution < -0.4 is 15.5 Å². The van der Waals surface area contributed by atoms with Crippen LogP contribution in [0.1, 0.15) is 16.7 Å². The molecule has 1 aliphatic heterocycles. The number of hydrogen-bond acceptors (Lipinski definition) is 4. The molecule has 2 amide bonds. The number of nitrogens with one attached hydrogen (secondary N) is 2. The minimum absolute atomic E-state index is 0.0750. The van der Waals surface area contributed by atoms with Crippen LogP contribution in [0, 0.1) is 0 Å². The highest BCUT2D eigenvalue weighted by Gasteiger charge is 2.18. The van der Waals surface area contributed by atoms with E-state index in [4.69, 9.17) is 4.74 Å². The SMILES string of the molecule is O=C(NCc1ccccc1)C(=Cc1ccc(N2CCOCC2)cc1)C(=O)NCc1ccccc1. The zero-order valence-electron chi connectivity index (χ0n) is 19.1. The molecule has 4 rings (SSSR count). The first-order valence-electron chi connectivity index (χ1n) is 11.5. The molecular formula is C28H29N3O3. The maximum atomic E-state index is 13.0. The fraction of sp³-hybridized carbons (Fsp3) is 0.214. The first-order valence-corrected chi connectivity index (χ1v) is 11.5. The molecule has 0 spiro atoms. The van der Waals surface area contributed by atoms with Gasteiger partial charge < -0.3 is 20.3 Å². The topological polar surface area (TPSA) is 70.7 Å². The molecule has 1 saturated heterocycles. The summed E-state index contributed by atoms with van der Waals surface area (Å²) in [6.45, 7) is 3.83. The highest BCUT2D eigenvalue weighted by molar-refractivity contribution is 6.21. The van der Waals surface area contributed by atoms with Gasteiger partial charge in [-0.3, -0.25) is 9.59 Å². The Hall–Kier alpha value is -3.90. The Morgan fingerprint density at radius 3 is 1.74 bits per heavy atom. The Morgan fingerprint density at radius 1 is 0.735 bits per heavy atom. The van der Waals surface area contributed by atoms with Gasteiger partial charge in [-0.2, -0.15) is 0 Å². The Balaban J connectivity index is 1.49. The van der Waals surface area contributed by atoms with Crippen LogP contribution in [-0.4, -0.2) is 38.1 Å². The summed E-state index contributed by atoms with van der Waals surface area (Å²) in [5.41, 5.74) is 3.90. The standard InChI is InChI=1S/C28H29N3O3/c32-27(29-20-23-7-3-1-4-8-23)26(28(33)30-21-24-9-5-2-6-10-24)19-22-11-13-25(14-12-22)31-15-17-34-18-16-31/h1-14,19H,15-18,20-21H2,(H,29,32)(H,30,33). The second-order valence-electron chi connectivity index (χ2n) is 8.09. The third-order valence-electron chi connectivity index (χ3n) is 5.66. The minimum Gasteiger partial charge on any atom is -0.378 e. The van der Waals surface area contributed by atoms with Crippen LogP contribution in [0.3, 0.4) is 0 Å². The van der Waals surface area contributed by atoms with E-state index in [-0.39, 0.29) is 5.57 Å².